The molecule has 41 heavy (non-hydrogen) atoms. The van der Waals surface area contributed by atoms with Crippen LogP contribution in [0.5, 0.6) is 17.2 Å². The molecular weight excluding hydrogens is 531 g/mol. The highest BCUT2D eigenvalue weighted by Gasteiger charge is 2.16. The second-order valence-corrected chi connectivity index (χ2v) is 9.12. The fourth-order valence-electron chi connectivity index (χ4n) is 4.51. The predicted octanol–water partition coefficient (Wildman–Crippen LogP) is 5.14. The topological polar surface area (TPSA) is 133 Å². The largest absolute Gasteiger partial charge is 0.496 e. The number of hydrogen-bond acceptors (Lipinski definition) is 10. The quantitative estimate of drug-likeness (QED) is 0.221. The molecule has 0 unspecified atom stereocenters. The van der Waals surface area contributed by atoms with Crippen LogP contribution < -0.4 is 24.8 Å². The lowest BCUT2D eigenvalue weighted by Gasteiger charge is -2.19. The minimum absolute atomic E-state index is 0.0104. The van der Waals surface area contributed by atoms with Gasteiger partial charge in [-0.2, -0.15) is 10.1 Å². The summed E-state index contributed by atoms with van der Waals surface area (Å²) in [6, 6.07) is 16.1. The number of aromatic amines is 1. The minimum atomic E-state index is -0.603. The third kappa shape index (κ3) is 5.39. The molecule has 0 radical (unpaired) electrons. The van der Waals surface area contributed by atoms with E-state index in [0.29, 0.717) is 53.8 Å². The van der Waals surface area contributed by atoms with Crippen molar-refractivity contribution in [1.29, 1.82) is 0 Å². The summed E-state index contributed by atoms with van der Waals surface area (Å²) in [6.45, 7) is 0.939. The number of nitrogens with one attached hydrogen (secondary N) is 3. The highest BCUT2D eigenvalue weighted by atomic mass is 19.1. The molecule has 1 aliphatic rings. The van der Waals surface area contributed by atoms with Crippen molar-refractivity contribution in [2.45, 2.75) is 6.42 Å². The number of carbonyl (C=O) groups is 1. The van der Waals surface area contributed by atoms with Crippen molar-refractivity contribution >= 4 is 40.0 Å². The molecule has 0 aliphatic carbocycles. The zero-order valence-corrected chi connectivity index (χ0v) is 22.2. The number of methoxy groups -OCH3 is 2. The molecule has 3 N–H and O–H groups in total. The first-order valence-corrected chi connectivity index (χ1v) is 12.7. The molecule has 0 amide bonds. The van der Waals surface area contributed by atoms with E-state index in [1.807, 2.05) is 24.3 Å². The van der Waals surface area contributed by atoms with Crippen LogP contribution in [0.3, 0.4) is 0 Å². The van der Waals surface area contributed by atoms with Gasteiger partial charge in [-0.25, -0.2) is 14.2 Å². The highest BCUT2D eigenvalue weighted by molar-refractivity contribution is 5.90. The molecule has 0 spiro atoms. The van der Waals surface area contributed by atoms with E-state index in [9.17, 15) is 9.18 Å². The molecule has 0 atom stereocenters. The summed E-state index contributed by atoms with van der Waals surface area (Å²) < 4.78 is 36.0. The number of benzene rings is 3. The first kappa shape index (κ1) is 25.9. The summed E-state index contributed by atoms with van der Waals surface area (Å²) in [5.41, 5.74) is 4.15. The Morgan fingerprint density at radius 1 is 1.00 bits per heavy atom. The van der Waals surface area contributed by atoms with E-state index in [1.165, 1.54) is 7.11 Å². The number of rotatable bonds is 8. The van der Waals surface area contributed by atoms with Crippen LogP contribution in [0.25, 0.3) is 10.9 Å². The Morgan fingerprint density at radius 2 is 1.80 bits per heavy atom. The van der Waals surface area contributed by atoms with E-state index in [0.717, 1.165) is 28.4 Å². The fraction of sp³-hybridized carbons (Fsp3) is 0.172. The molecule has 0 saturated carbocycles. The zero-order valence-electron chi connectivity index (χ0n) is 22.2. The highest BCUT2D eigenvalue weighted by Crippen LogP contribution is 2.34. The Bertz CT molecular complexity index is 1760. The van der Waals surface area contributed by atoms with E-state index in [1.54, 1.807) is 37.4 Å². The summed E-state index contributed by atoms with van der Waals surface area (Å²) in [5, 5.41) is 14.5. The van der Waals surface area contributed by atoms with Crippen LogP contribution in [-0.4, -0.2) is 53.6 Å². The molecule has 5 aromatic rings. The van der Waals surface area contributed by atoms with Gasteiger partial charge in [-0.05, 0) is 42.5 Å². The Hall–Kier alpha value is -5.39. The lowest BCUT2D eigenvalue weighted by molar-refractivity contribution is 0.0600. The van der Waals surface area contributed by atoms with Gasteiger partial charge in [0.15, 0.2) is 23.1 Å². The summed E-state index contributed by atoms with van der Waals surface area (Å²) in [4.78, 5) is 20.3. The molecule has 2 aromatic heterocycles. The van der Waals surface area contributed by atoms with E-state index in [-0.39, 0.29) is 11.8 Å². The second-order valence-electron chi connectivity index (χ2n) is 9.12. The SMILES string of the molecule is COC(=O)c1ccc(Cc2n[nH]c3cc(Nc4ncc(F)c(Nc5ccc6c(c5)OCCO6)n4)ccc23)c(OC)c1. The number of H-pyrrole nitrogens is 1. The number of nitrogens with zero attached hydrogens (tertiary/aromatic N) is 3. The first-order chi connectivity index (χ1) is 20.0. The lowest BCUT2D eigenvalue weighted by Crippen LogP contribution is -2.15. The number of aromatic nitrogens is 4. The monoisotopic (exact) mass is 556 g/mol. The van der Waals surface area contributed by atoms with Crippen molar-refractivity contribution in [3.05, 3.63) is 83.4 Å². The summed E-state index contributed by atoms with van der Waals surface area (Å²) in [5.74, 6) is 0.970. The maximum absolute atomic E-state index is 14.5. The van der Waals surface area contributed by atoms with Gasteiger partial charge in [-0.3, -0.25) is 5.10 Å². The molecule has 3 aromatic carbocycles. The lowest BCUT2D eigenvalue weighted by atomic mass is 10.0. The molecule has 1 aliphatic heterocycles. The van der Waals surface area contributed by atoms with Crippen LogP contribution in [0.15, 0.2) is 60.8 Å². The van der Waals surface area contributed by atoms with Crippen LogP contribution in [-0.2, 0) is 11.2 Å². The molecule has 6 rings (SSSR count). The molecule has 3 heterocycles. The van der Waals surface area contributed by atoms with E-state index in [2.05, 4.69) is 30.8 Å². The van der Waals surface area contributed by atoms with Crippen molar-refractivity contribution in [2.75, 3.05) is 38.1 Å². The van der Waals surface area contributed by atoms with Crippen molar-refractivity contribution in [2.24, 2.45) is 0 Å². The third-order valence-corrected chi connectivity index (χ3v) is 6.51. The van der Waals surface area contributed by atoms with E-state index < -0.39 is 11.8 Å². The van der Waals surface area contributed by atoms with Crippen molar-refractivity contribution < 1.29 is 28.1 Å². The summed E-state index contributed by atoms with van der Waals surface area (Å²) >= 11 is 0. The van der Waals surface area contributed by atoms with Crippen LogP contribution in [0.4, 0.5) is 27.5 Å². The molecule has 11 nitrogen and oxygen atoms in total. The smallest absolute Gasteiger partial charge is 0.337 e. The minimum Gasteiger partial charge on any atom is -0.496 e. The molecule has 0 saturated heterocycles. The van der Waals surface area contributed by atoms with Crippen LogP contribution in [0, 0.1) is 5.82 Å². The van der Waals surface area contributed by atoms with E-state index >= 15 is 0 Å². The first-order valence-electron chi connectivity index (χ1n) is 12.7. The average molecular weight is 557 g/mol. The maximum atomic E-state index is 14.5. The predicted molar refractivity (Wildman–Crippen MR) is 149 cm³/mol. The van der Waals surface area contributed by atoms with Gasteiger partial charge in [0.25, 0.3) is 0 Å². The van der Waals surface area contributed by atoms with Gasteiger partial charge in [-0.15, -0.1) is 0 Å². The van der Waals surface area contributed by atoms with Gasteiger partial charge in [0.1, 0.15) is 19.0 Å². The van der Waals surface area contributed by atoms with Crippen molar-refractivity contribution in [1.82, 2.24) is 20.2 Å². The number of esters is 1. The Kier molecular flexibility index (Phi) is 6.94. The second kappa shape index (κ2) is 11.0. The summed E-state index contributed by atoms with van der Waals surface area (Å²) in [7, 11) is 2.89. The standard InChI is InChI=1S/C29H25FN6O5/c1-38-25-12-17(28(37)39-2)4-3-16(25)11-22-20-7-5-18(13-23(20)36-35-22)33-29-31-15-21(30)27(34-29)32-19-6-8-24-26(14-19)41-10-9-40-24/h3-8,12-15H,9-11H2,1-2H3,(H,35,36)(H2,31,32,33,34). The molecule has 208 valence electrons. The molecule has 0 fully saturated rings. The van der Waals surface area contributed by atoms with Crippen molar-refractivity contribution in [3.8, 4) is 17.2 Å². The van der Waals surface area contributed by atoms with Gasteiger partial charge in [0.2, 0.25) is 5.95 Å². The Labute approximate surface area is 233 Å². The fourth-order valence-corrected chi connectivity index (χ4v) is 4.51. The average Bonchev–Trinajstić information content (AvgIpc) is 3.40. The van der Waals surface area contributed by atoms with E-state index in [4.69, 9.17) is 18.9 Å². The van der Waals surface area contributed by atoms with Crippen LogP contribution in [0.1, 0.15) is 21.6 Å². The van der Waals surface area contributed by atoms with Crippen molar-refractivity contribution in [3.63, 3.8) is 0 Å². The van der Waals surface area contributed by atoms with Gasteiger partial charge in [0.05, 0.1) is 37.2 Å². The number of hydrogen-bond donors (Lipinski definition) is 3. The Balaban J connectivity index is 1.19. The maximum Gasteiger partial charge on any atom is 0.337 e. The number of halogens is 1. The van der Waals surface area contributed by atoms with Crippen LogP contribution >= 0.6 is 0 Å². The number of fused-ring (bicyclic) bond motifs is 2. The van der Waals surface area contributed by atoms with Gasteiger partial charge in [-0.1, -0.05) is 6.07 Å². The summed E-state index contributed by atoms with van der Waals surface area (Å²) in [6.07, 6.45) is 1.58. The third-order valence-electron chi connectivity index (χ3n) is 6.51. The van der Waals surface area contributed by atoms with Gasteiger partial charge < -0.3 is 29.6 Å². The van der Waals surface area contributed by atoms with Crippen LogP contribution in [0.2, 0.25) is 0 Å². The number of anilines is 4. The molecule has 12 heteroatoms. The number of carbonyl (C=O) groups excluding carboxylic acids is 1. The Morgan fingerprint density at radius 3 is 2.63 bits per heavy atom. The normalized spacial score (nSPS) is 12.2. The van der Waals surface area contributed by atoms with Gasteiger partial charge >= 0.3 is 5.97 Å². The molecule has 0 bridgehead atoms. The molecular formula is C29H25FN6O5. The zero-order chi connectivity index (χ0) is 28.3. The number of ether oxygens (including phenoxy) is 4. The van der Waals surface area contributed by atoms with Gasteiger partial charge in [0, 0.05) is 34.8 Å².